The highest BCUT2D eigenvalue weighted by molar-refractivity contribution is 5.94. The summed E-state index contributed by atoms with van der Waals surface area (Å²) < 4.78 is 5.96. The van der Waals surface area contributed by atoms with Crippen LogP contribution in [0, 0.1) is 5.41 Å². The molecule has 190 valence electrons. The summed E-state index contributed by atoms with van der Waals surface area (Å²) in [5.74, 6) is -0.0463. The minimum absolute atomic E-state index is 0.0320. The van der Waals surface area contributed by atoms with E-state index in [1.165, 1.54) is 5.56 Å². The number of carbonyl (C=O) groups excluding carboxylic acids is 1. The number of nitrogens with two attached hydrogens (primary N) is 2. The SMILES string of the molecule is C[C@H](NC1OC1[C@@H](CCc1ccccc1)NCCCCCN)C(=O)NCc1ccc(C(=N)N)cc1. The minimum atomic E-state index is -0.374. The average Bonchev–Trinajstić information content (AvgIpc) is 3.63. The molecule has 0 aromatic heterocycles. The molecule has 0 bridgehead atoms. The lowest BCUT2D eigenvalue weighted by atomic mass is 10.0. The average molecular weight is 481 g/mol. The van der Waals surface area contributed by atoms with Gasteiger partial charge in [0, 0.05) is 18.2 Å². The van der Waals surface area contributed by atoms with Crippen molar-refractivity contribution in [3.05, 3.63) is 71.3 Å². The number of nitrogens with one attached hydrogen (secondary N) is 4. The summed E-state index contributed by atoms with van der Waals surface area (Å²) in [7, 11) is 0. The Labute approximate surface area is 208 Å². The van der Waals surface area contributed by atoms with Crippen molar-refractivity contribution < 1.29 is 9.53 Å². The molecule has 1 aliphatic heterocycles. The number of carbonyl (C=O) groups is 1. The third kappa shape index (κ3) is 9.07. The molecular formula is C27H40N6O2. The molecule has 8 N–H and O–H groups in total. The Kier molecular flexibility index (Phi) is 10.7. The van der Waals surface area contributed by atoms with Crippen LogP contribution in [0.5, 0.6) is 0 Å². The van der Waals surface area contributed by atoms with Crippen molar-refractivity contribution in [3.8, 4) is 0 Å². The Morgan fingerprint density at radius 3 is 2.49 bits per heavy atom. The summed E-state index contributed by atoms with van der Waals surface area (Å²) in [5.41, 5.74) is 14.0. The molecule has 0 radical (unpaired) electrons. The van der Waals surface area contributed by atoms with E-state index < -0.39 is 0 Å². The Morgan fingerprint density at radius 1 is 1.06 bits per heavy atom. The van der Waals surface area contributed by atoms with Crippen LogP contribution in [-0.2, 0) is 22.5 Å². The van der Waals surface area contributed by atoms with Gasteiger partial charge in [-0.1, -0.05) is 61.0 Å². The molecule has 1 amide bonds. The highest BCUT2D eigenvalue weighted by Crippen LogP contribution is 2.26. The zero-order valence-electron chi connectivity index (χ0n) is 20.6. The van der Waals surface area contributed by atoms with E-state index >= 15 is 0 Å². The van der Waals surface area contributed by atoms with Crippen molar-refractivity contribution >= 4 is 11.7 Å². The molecule has 8 heteroatoms. The van der Waals surface area contributed by atoms with Gasteiger partial charge in [-0.05, 0) is 56.8 Å². The molecule has 1 aliphatic rings. The smallest absolute Gasteiger partial charge is 0.237 e. The molecule has 0 spiro atoms. The second-order valence-corrected chi connectivity index (χ2v) is 9.17. The Morgan fingerprint density at radius 2 is 1.80 bits per heavy atom. The van der Waals surface area contributed by atoms with E-state index in [1.807, 2.05) is 25.1 Å². The van der Waals surface area contributed by atoms with Gasteiger partial charge in [-0.3, -0.25) is 15.5 Å². The number of ether oxygens (including phenoxy) is 1. The molecule has 3 rings (SSSR count). The number of amides is 1. The van der Waals surface area contributed by atoms with Gasteiger partial charge in [-0.2, -0.15) is 0 Å². The maximum Gasteiger partial charge on any atom is 0.237 e. The topological polar surface area (TPSA) is 142 Å². The molecule has 2 aromatic rings. The number of hydrogen-bond donors (Lipinski definition) is 6. The molecule has 1 saturated heterocycles. The van der Waals surface area contributed by atoms with Gasteiger partial charge in [-0.25, -0.2) is 0 Å². The number of epoxide rings is 1. The molecule has 2 aromatic carbocycles. The monoisotopic (exact) mass is 480 g/mol. The lowest BCUT2D eigenvalue weighted by Crippen LogP contribution is -2.45. The first kappa shape index (κ1) is 26.8. The number of nitrogen functional groups attached to an aromatic ring is 1. The fourth-order valence-corrected chi connectivity index (χ4v) is 4.11. The van der Waals surface area contributed by atoms with Crippen molar-refractivity contribution in [2.75, 3.05) is 13.1 Å². The highest BCUT2D eigenvalue weighted by atomic mass is 16.6. The van der Waals surface area contributed by atoms with E-state index in [2.05, 4.69) is 40.2 Å². The first-order chi connectivity index (χ1) is 17.0. The fourth-order valence-electron chi connectivity index (χ4n) is 4.11. The molecule has 0 aliphatic carbocycles. The van der Waals surface area contributed by atoms with Crippen LogP contribution in [0.4, 0.5) is 0 Å². The summed E-state index contributed by atoms with van der Waals surface area (Å²) in [6.07, 6.45) is 5.12. The molecular weight excluding hydrogens is 440 g/mol. The van der Waals surface area contributed by atoms with Crippen LogP contribution in [0.1, 0.15) is 49.3 Å². The van der Waals surface area contributed by atoms with E-state index in [1.54, 1.807) is 12.1 Å². The quantitative estimate of drug-likeness (QED) is 0.0939. The maximum absolute atomic E-state index is 12.6. The summed E-state index contributed by atoms with van der Waals surface area (Å²) >= 11 is 0. The molecule has 8 nitrogen and oxygen atoms in total. The van der Waals surface area contributed by atoms with Gasteiger partial charge in [0.05, 0.1) is 6.04 Å². The van der Waals surface area contributed by atoms with Crippen molar-refractivity contribution in [3.63, 3.8) is 0 Å². The number of hydrogen-bond acceptors (Lipinski definition) is 6. The van der Waals surface area contributed by atoms with E-state index in [0.29, 0.717) is 12.1 Å². The first-order valence-electron chi connectivity index (χ1n) is 12.6. The van der Waals surface area contributed by atoms with Crippen LogP contribution in [0.2, 0.25) is 0 Å². The second-order valence-electron chi connectivity index (χ2n) is 9.17. The number of aryl methyl sites for hydroxylation is 1. The van der Waals surface area contributed by atoms with Gasteiger partial charge in [0.25, 0.3) is 0 Å². The fraction of sp³-hybridized carbons (Fsp3) is 0.481. The van der Waals surface area contributed by atoms with E-state index in [9.17, 15) is 4.79 Å². The lowest BCUT2D eigenvalue weighted by Gasteiger charge is -2.18. The molecule has 0 saturated carbocycles. The van der Waals surface area contributed by atoms with Gasteiger partial charge in [0.15, 0.2) is 0 Å². The van der Waals surface area contributed by atoms with Crippen LogP contribution >= 0.6 is 0 Å². The molecule has 2 unspecified atom stereocenters. The van der Waals surface area contributed by atoms with Crippen molar-refractivity contribution in [2.45, 2.75) is 70.0 Å². The van der Waals surface area contributed by atoms with Crippen LogP contribution in [-0.4, -0.2) is 49.2 Å². The largest absolute Gasteiger partial charge is 0.384 e. The predicted octanol–water partition coefficient (Wildman–Crippen LogP) is 2.01. The molecule has 4 atom stereocenters. The minimum Gasteiger partial charge on any atom is -0.384 e. The summed E-state index contributed by atoms with van der Waals surface area (Å²) in [4.78, 5) is 12.6. The van der Waals surface area contributed by atoms with Crippen LogP contribution in [0.15, 0.2) is 54.6 Å². The summed E-state index contributed by atoms with van der Waals surface area (Å²) in [6.45, 7) is 3.94. The molecule has 35 heavy (non-hydrogen) atoms. The van der Waals surface area contributed by atoms with Crippen molar-refractivity contribution in [2.24, 2.45) is 11.5 Å². The standard InChI is InChI=1S/C27H40N6O2/c1-19(26(34)32-18-21-10-13-22(14-11-21)25(29)30)33-27-24(35-27)23(31-17-7-3-6-16-28)15-12-20-8-4-2-5-9-20/h2,4-5,8-11,13-14,19,23-24,27,31,33H,3,6-7,12,15-18,28H2,1H3,(H3,29,30)(H,32,34)/t19-,23+,24?,27?/m0/s1. The Bertz CT molecular complexity index is 921. The number of benzene rings is 2. The van der Waals surface area contributed by atoms with Gasteiger partial charge < -0.3 is 26.8 Å². The summed E-state index contributed by atoms with van der Waals surface area (Å²) in [5, 5.41) is 17.4. The van der Waals surface area contributed by atoms with Crippen LogP contribution in [0.25, 0.3) is 0 Å². The first-order valence-corrected chi connectivity index (χ1v) is 12.6. The maximum atomic E-state index is 12.6. The third-order valence-electron chi connectivity index (χ3n) is 6.34. The van der Waals surface area contributed by atoms with Gasteiger partial charge in [0.2, 0.25) is 5.91 Å². The predicted molar refractivity (Wildman–Crippen MR) is 140 cm³/mol. The molecule has 1 fully saturated rings. The number of rotatable bonds is 16. The van der Waals surface area contributed by atoms with Crippen molar-refractivity contribution in [1.82, 2.24) is 16.0 Å². The van der Waals surface area contributed by atoms with E-state index in [4.69, 9.17) is 21.6 Å². The van der Waals surface area contributed by atoms with Gasteiger partial charge >= 0.3 is 0 Å². The number of unbranched alkanes of at least 4 members (excludes halogenated alkanes) is 2. The Balaban J connectivity index is 1.44. The lowest BCUT2D eigenvalue weighted by molar-refractivity contribution is -0.123. The van der Waals surface area contributed by atoms with E-state index in [0.717, 1.165) is 50.8 Å². The van der Waals surface area contributed by atoms with Gasteiger partial charge in [-0.15, -0.1) is 0 Å². The zero-order chi connectivity index (χ0) is 25.0. The third-order valence-corrected chi connectivity index (χ3v) is 6.34. The van der Waals surface area contributed by atoms with Gasteiger partial charge in [0.1, 0.15) is 18.2 Å². The summed E-state index contributed by atoms with van der Waals surface area (Å²) in [6, 6.07) is 17.6. The van der Waals surface area contributed by atoms with E-state index in [-0.39, 0.29) is 36.2 Å². The number of amidine groups is 1. The zero-order valence-corrected chi connectivity index (χ0v) is 20.6. The second kappa shape index (κ2) is 13.9. The van der Waals surface area contributed by atoms with Crippen molar-refractivity contribution in [1.29, 1.82) is 5.41 Å². The normalized spacial score (nSPS) is 18.6. The van der Waals surface area contributed by atoms with Crippen LogP contribution < -0.4 is 27.4 Å². The molecule has 1 heterocycles. The Hall–Kier alpha value is -2.78. The highest BCUT2D eigenvalue weighted by Gasteiger charge is 2.45. The van der Waals surface area contributed by atoms with Crippen LogP contribution in [0.3, 0.4) is 0 Å².